The van der Waals surface area contributed by atoms with E-state index in [0.717, 1.165) is 4.31 Å². The molecule has 0 aliphatic rings. The van der Waals surface area contributed by atoms with Crippen molar-refractivity contribution in [3.63, 3.8) is 0 Å². The molecule has 0 aliphatic heterocycles. The highest BCUT2D eigenvalue weighted by atomic mass is 32.2. The molecule has 0 aromatic heterocycles. The van der Waals surface area contributed by atoms with Crippen LogP contribution in [0.5, 0.6) is 0 Å². The number of sulfonamides is 1. The first-order valence-corrected chi connectivity index (χ1v) is 10.7. The Morgan fingerprint density at radius 3 is 2.27 bits per heavy atom. The molecule has 1 atom stereocenters. The van der Waals surface area contributed by atoms with Crippen LogP contribution < -0.4 is 11.1 Å². The number of amides is 2. The van der Waals surface area contributed by atoms with E-state index in [1.54, 1.807) is 32.0 Å². The molecule has 2 aromatic rings. The number of primary amides is 1. The summed E-state index contributed by atoms with van der Waals surface area (Å²) in [6.07, 6.45) is 0.239. The lowest BCUT2D eigenvalue weighted by molar-refractivity contribution is -0.121. The molecule has 2 rings (SSSR count). The maximum absolute atomic E-state index is 13.1. The Morgan fingerprint density at radius 2 is 1.73 bits per heavy atom. The molecule has 0 heterocycles. The third kappa shape index (κ3) is 5.43. The van der Waals surface area contributed by atoms with Gasteiger partial charge in [-0.15, -0.1) is 0 Å². The van der Waals surface area contributed by atoms with Gasteiger partial charge in [-0.25, -0.2) is 17.1 Å². The van der Waals surface area contributed by atoms with Gasteiger partial charge in [-0.05, 0) is 61.2 Å². The third-order valence-electron chi connectivity index (χ3n) is 4.95. The fraction of sp³-hybridized carbons (Fsp3) is 0.333. The maximum atomic E-state index is 13.1. The zero-order valence-electron chi connectivity index (χ0n) is 17.4. The minimum atomic E-state index is -3.73. The maximum Gasteiger partial charge on any atom is 0.251 e. The summed E-state index contributed by atoms with van der Waals surface area (Å²) in [7, 11) is -0.886. The number of hydrogen-bond donors (Lipinski definition) is 2. The van der Waals surface area contributed by atoms with Crippen molar-refractivity contribution in [1.29, 1.82) is 0 Å². The van der Waals surface area contributed by atoms with E-state index in [0.29, 0.717) is 16.7 Å². The molecule has 0 spiro atoms. The first kappa shape index (κ1) is 23.5. The topological polar surface area (TPSA) is 110 Å². The highest BCUT2D eigenvalue weighted by molar-refractivity contribution is 7.89. The van der Waals surface area contributed by atoms with Crippen molar-refractivity contribution in [2.75, 3.05) is 20.6 Å². The molecule has 0 fully saturated rings. The summed E-state index contributed by atoms with van der Waals surface area (Å²) in [5.41, 5.74) is 7.54. The van der Waals surface area contributed by atoms with E-state index < -0.39 is 27.8 Å². The van der Waals surface area contributed by atoms with Crippen LogP contribution in [0.4, 0.5) is 4.39 Å². The normalized spacial score (nSPS) is 12.6. The SMILES string of the molecule is Cc1cc(C(=O)NCC(Cc2ccc(F)cc2)C(N)=O)cc(S(=O)(=O)N(C)C)c1C. The van der Waals surface area contributed by atoms with Crippen LogP contribution in [0.3, 0.4) is 0 Å². The van der Waals surface area contributed by atoms with E-state index in [9.17, 15) is 22.4 Å². The highest BCUT2D eigenvalue weighted by Crippen LogP contribution is 2.23. The van der Waals surface area contributed by atoms with Crippen LogP contribution in [0.25, 0.3) is 0 Å². The number of benzene rings is 2. The monoisotopic (exact) mass is 435 g/mol. The first-order chi connectivity index (χ1) is 13.9. The second-order valence-electron chi connectivity index (χ2n) is 7.34. The van der Waals surface area contributed by atoms with Gasteiger partial charge in [0.05, 0.1) is 10.8 Å². The second kappa shape index (κ2) is 9.36. The molecule has 1 unspecified atom stereocenters. The number of aryl methyl sites for hydroxylation is 1. The zero-order chi connectivity index (χ0) is 22.6. The van der Waals surface area contributed by atoms with Gasteiger partial charge >= 0.3 is 0 Å². The zero-order valence-corrected chi connectivity index (χ0v) is 18.2. The lowest BCUT2D eigenvalue weighted by atomic mass is 9.98. The minimum Gasteiger partial charge on any atom is -0.369 e. The van der Waals surface area contributed by atoms with Gasteiger partial charge in [0.1, 0.15) is 5.82 Å². The van der Waals surface area contributed by atoms with Gasteiger partial charge in [-0.1, -0.05) is 12.1 Å². The van der Waals surface area contributed by atoms with Crippen molar-refractivity contribution >= 4 is 21.8 Å². The van der Waals surface area contributed by atoms with Crippen molar-refractivity contribution in [3.8, 4) is 0 Å². The number of nitrogens with zero attached hydrogens (tertiary/aromatic N) is 1. The number of carbonyl (C=O) groups is 2. The number of carbonyl (C=O) groups excluding carboxylic acids is 2. The van der Waals surface area contributed by atoms with Crippen molar-refractivity contribution in [2.45, 2.75) is 25.2 Å². The molecule has 0 saturated carbocycles. The van der Waals surface area contributed by atoms with Crippen molar-refractivity contribution in [2.24, 2.45) is 11.7 Å². The summed E-state index contributed by atoms with van der Waals surface area (Å²) in [6.45, 7) is 3.37. The van der Waals surface area contributed by atoms with Crippen LogP contribution in [0.2, 0.25) is 0 Å². The number of nitrogens with one attached hydrogen (secondary N) is 1. The fourth-order valence-corrected chi connectivity index (χ4v) is 4.14. The van der Waals surface area contributed by atoms with Crippen molar-refractivity contribution < 1.29 is 22.4 Å². The molecular formula is C21H26FN3O4S. The van der Waals surface area contributed by atoms with Crippen LogP contribution in [-0.4, -0.2) is 45.2 Å². The molecule has 0 bridgehead atoms. The Balaban J connectivity index is 2.21. The number of nitrogens with two attached hydrogens (primary N) is 1. The Labute approximate surface area is 176 Å². The average molecular weight is 436 g/mol. The molecule has 0 radical (unpaired) electrons. The summed E-state index contributed by atoms with van der Waals surface area (Å²) in [5.74, 6) is -2.20. The van der Waals surface area contributed by atoms with E-state index in [1.165, 1.54) is 32.3 Å². The van der Waals surface area contributed by atoms with Gasteiger partial charge in [-0.3, -0.25) is 9.59 Å². The summed E-state index contributed by atoms with van der Waals surface area (Å²) < 4.78 is 39.3. The summed E-state index contributed by atoms with van der Waals surface area (Å²) in [4.78, 5) is 24.5. The van der Waals surface area contributed by atoms with E-state index in [4.69, 9.17) is 5.73 Å². The molecule has 9 heteroatoms. The van der Waals surface area contributed by atoms with Gasteiger partial charge in [0.15, 0.2) is 0 Å². The third-order valence-corrected chi connectivity index (χ3v) is 6.89. The Bertz CT molecular complexity index is 1050. The molecule has 3 N–H and O–H groups in total. The largest absolute Gasteiger partial charge is 0.369 e. The highest BCUT2D eigenvalue weighted by Gasteiger charge is 2.24. The minimum absolute atomic E-state index is 0.0335. The van der Waals surface area contributed by atoms with E-state index in [-0.39, 0.29) is 29.2 Å². The quantitative estimate of drug-likeness (QED) is 0.658. The van der Waals surface area contributed by atoms with Crippen LogP contribution in [0.1, 0.15) is 27.0 Å². The summed E-state index contributed by atoms with van der Waals surface area (Å²) >= 11 is 0. The second-order valence-corrected chi connectivity index (χ2v) is 9.46. The number of hydrogen-bond acceptors (Lipinski definition) is 4. The molecule has 7 nitrogen and oxygen atoms in total. The lowest BCUT2D eigenvalue weighted by Gasteiger charge is -2.18. The fourth-order valence-electron chi connectivity index (χ4n) is 2.92. The van der Waals surface area contributed by atoms with E-state index >= 15 is 0 Å². The smallest absolute Gasteiger partial charge is 0.251 e. The first-order valence-electron chi connectivity index (χ1n) is 9.29. The van der Waals surface area contributed by atoms with Crippen LogP contribution in [0, 0.1) is 25.6 Å². The van der Waals surface area contributed by atoms with Gasteiger partial charge in [0.25, 0.3) is 5.91 Å². The van der Waals surface area contributed by atoms with Crippen LogP contribution in [-0.2, 0) is 21.2 Å². The molecule has 2 aromatic carbocycles. The molecule has 162 valence electrons. The molecule has 30 heavy (non-hydrogen) atoms. The number of halogens is 1. The molecule has 0 aliphatic carbocycles. The molecule has 0 saturated heterocycles. The lowest BCUT2D eigenvalue weighted by Crippen LogP contribution is -2.37. The van der Waals surface area contributed by atoms with Gasteiger partial charge in [0.2, 0.25) is 15.9 Å². The van der Waals surface area contributed by atoms with Gasteiger partial charge in [0, 0.05) is 26.2 Å². The van der Waals surface area contributed by atoms with E-state index in [1.807, 2.05) is 0 Å². The van der Waals surface area contributed by atoms with Crippen LogP contribution in [0.15, 0.2) is 41.3 Å². The van der Waals surface area contributed by atoms with Crippen molar-refractivity contribution in [3.05, 3.63) is 64.5 Å². The average Bonchev–Trinajstić information content (AvgIpc) is 2.67. The predicted octanol–water partition coefficient (Wildman–Crippen LogP) is 1.77. The number of rotatable bonds is 8. The van der Waals surface area contributed by atoms with Crippen LogP contribution >= 0.6 is 0 Å². The van der Waals surface area contributed by atoms with Gasteiger partial charge < -0.3 is 11.1 Å². The Morgan fingerprint density at radius 1 is 1.13 bits per heavy atom. The molecular weight excluding hydrogens is 409 g/mol. The summed E-state index contributed by atoms with van der Waals surface area (Å²) in [5, 5.41) is 2.64. The summed E-state index contributed by atoms with van der Waals surface area (Å²) in [6, 6.07) is 8.59. The van der Waals surface area contributed by atoms with E-state index in [2.05, 4.69) is 5.32 Å². The Hall–Kier alpha value is -2.78. The molecule has 2 amide bonds. The standard InChI is InChI=1S/C21H26FN3O4S/c1-13-9-16(11-19(14(13)2)30(28,29)25(3)4)21(27)24-12-17(20(23)26)10-15-5-7-18(22)8-6-15/h5-9,11,17H,10,12H2,1-4H3,(H2,23,26)(H,24,27). The predicted molar refractivity (Wildman–Crippen MR) is 112 cm³/mol. The van der Waals surface area contributed by atoms with Gasteiger partial charge in [-0.2, -0.15) is 0 Å². The Kier molecular flexibility index (Phi) is 7.33. The van der Waals surface area contributed by atoms with Crippen molar-refractivity contribution in [1.82, 2.24) is 9.62 Å².